The molecule has 104 valence electrons. The summed E-state index contributed by atoms with van der Waals surface area (Å²) in [5.41, 5.74) is 3.07. The van der Waals surface area contributed by atoms with E-state index in [-0.39, 0.29) is 5.91 Å². The Kier molecular flexibility index (Phi) is 2.78. The zero-order valence-corrected chi connectivity index (χ0v) is 12.6. The molecule has 21 heavy (non-hydrogen) atoms. The Labute approximate surface area is 129 Å². The van der Waals surface area contributed by atoms with Gasteiger partial charge in [-0.25, -0.2) is 9.97 Å². The lowest BCUT2D eigenvalue weighted by atomic mass is 10.2. The van der Waals surface area contributed by atoms with E-state index in [1.807, 2.05) is 24.3 Å². The molecule has 0 saturated heterocycles. The highest BCUT2D eigenvalue weighted by Crippen LogP contribution is 2.27. The Morgan fingerprint density at radius 2 is 2.00 bits per heavy atom. The molecule has 6 heteroatoms. The molecule has 0 saturated carbocycles. The average molecular weight is 343 g/mol. The first-order valence-electron chi connectivity index (χ1n) is 6.63. The minimum absolute atomic E-state index is 0.0663. The van der Waals surface area contributed by atoms with Crippen molar-refractivity contribution in [2.24, 2.45) is 0 Å². The van der Waals surface area contributed by atoms with Gasteiger partial charge in [-0.15, -0.1) is 0 Å². The second-order valence-corrected chi connectivity index (χ2v) is 5.80. The molecule has 1 aliphatic heterocycles. The van der Waals surface area contributed by atoms with Gasteiger partial charge < -0.3 is 9.88 Å². The van der Waals surface area contributed by atoms with Gasteiger partial charge in [-0.1, -0.05) is 28.1 Å². The largest absolute Gasteiger partial charge is 0.350 e. The van der Waals surface area contributed by atoms with Crippen LogP contribution >= 0.6 is 15.9 Å². The van der Waals surface area contributed by atoms with Crippen molar-refractivity contribution < 1.29 is 4.79 Å². The summed E-state index contributed by atoms with van der Waals surface area (Å²) in [4.78, 5) is 21.0. The van der Waals surface area contributed by atoms with Gasteiger partial charge in [0.15, 0.2) is 5.65 Å². The second-order valence-electron chi connectivity index (χ2n) is 4.88. The van der Waals surface area contributed by atoms with E-state index in [2.05, 4.69) is 35.8 Å². The molecule has 5 nitrogen and oxygen atoms in total. The fourth-order valence-electron chi connectivity index (χ4n) is 2.65. The van der Waals surface area contributed by atoms with Gasteiger partial charge in [-0.3, -0.25) is 4.79 Å². The molecular formula is C15H11BrN4O. The van der Waals surface area contributed by atoms with Gasteiger partial charge in [0, 0.05) is 29.3 Å². The molecule has 3 heterocycles. The van der Waals surface area contributed by atoms with E-state index in [4.69, 9.17) is 0 Å². The van der Waals surface area contributed by atoms with E-state index in [0.29, 0.717) is 24.3 Å². The van der Waals surface area contributed by atoms with Gasteiger partial charge in [-0.2, -0.15) is 0 Å². The molecule has 1 aliphatic rings. The van der Waals surface area contributed by atoms with Crippen molar-refractivity contribution in [1.82, 2.24) is 19.9 Å². The summed E-state index contributed by atoms with van der Waals surface area (Å²) in [5.74, 6) is 0.775. The highest BCUT2D eigenvalue weighted by atomic mass is 79.9. The predicted molar refractivity (Wildman–Crippen MR) is 83.0 cm³/mol. The number of carbonyl (C=O) groups is 1. The average Bonchev–Trinajstić information content (AvgIpc) is 2.77. The van der Waals surface area contributed by atoms with E-state index in [9.17, 15) is 4.79 Å². The highest BCUT2D eigenvalue weighted by Gasteiger charge is 2.22. The number of imidazole rings is 1. The minimum Gasteiger partial charge on any atom is -0.350 e. The van der Waals surface area contributed by atoms with Crippen LogP contribution in [0.5, 0.6) is 0 Å². The Hall–Kier alpha value is -2.21. The number of hydrogen-bond donors (Lipinski definition) is 1. The lowest BCUT2D eigenvalue weighted by Crippen LogP contribution is -2.24. The summed E-state index contributed by atoms with van der Waals surface area (Å²) in [5, 5.41) is 2.90. The summed E-state index contributed by atoms with van der Waals surface area (Å²) in [7, 11) is 0. The first-order valence-corrected chi connectivity index (χ1v) is 7.43. The number of nitrogens with one attached hydrogen (secondary N) is 1. The summed E-state index contributed by atoms with van der Waals surface area (Å²) in [6, 6.07) is 9.72. The summed E-state index contributed by atoms with van der Waals surface area (Å²) in [6.45, 7) is 1.27. The number of amides is 1. The van der Waals surface area contributed by atoms with Crippen LogP contribution in [0, 0.1) is 0 Å². The number of benzene rings is 1. The number of pyridine rings is 1. The number of halogens is 1. The lowest BCUT2D eigenvalue weighted by molar-refractivity contribution is 0.0956. The standard InChI is InChI=1S/C15H11BrN4O/c16-10-3-1-9(2-4-10)14-19-13-12-11(5-6-17-13)15(21)18-7-8-20(12)14/h1-6H,7-8H2,(H,18,21). The molecule has 0 bridgehead atoms. The monoisotopic (exact) mass is 342 g/mol. The number of aromatic nitrogens is 3. The molecule has 0 spiro atoms. The van der Waals surface area contributed by atoms with Crippen LogP contribution in [-0.4, -0.2) is 27.0 Å². The fourth-order valence-corrected chi connectivity index (χ4v) is 2.92. The Morgan fingerprint density at radius 1 is 1.19 bits per heavy atom. The van der Waals surface area contributed by atoms with Crippen molar-refractivity contribution in [2.75, 3.05) is 6.54 Å². The van der Waals surface area contributed by atoms with Crippen molar-refractivity contribution in [3.8, 4) is 11.4 Å². The normalized spacial score (nSPS) is 14.0. The van der Waals surface area contributed by atoms with E-state index >= 15 is 0 Å². The topological polar surface area (TPSA) is 59.8 Å². The molecular weight excluding hydrogens is 332 g/mol. The van der Waals surface area contributed by atoms with Crippen LogP contribution in [0.2, 0.25) is 0 Å². The van der Waals surface area contributed by atoms with Gasteiger partial charge in [0.25, 0.3) is 5.91 Å². The third-order valence-electron chi connectivity index (χ3n) is 3.61. The third kappa shape index (κ3) is 1.94. The second kappa shape index (κ2) is 4.66. The van der Waals surface area contributed by atoms with E-state index < -0.39 is 0 Å². The Morgan fingerprint density at radius 3 is 2.81 bits per heavy atom. The van der Waals surface area contributed by atoms with E-state index in [0.717, 1.165) is 21.4 Å². The Bertz CT molecular complexity index is 854. The quantitative estimate of drug-likeness (QED) is 0.739. The summed E-state index contributed by atoms with van der Waals surface area (Å²) < 4.78 is 3.09. The maximum absolute atomic E-state index is 12.1. The summed E-state index contributed by atoms with van der Waals surface area (Å²) >= 11 is 3.44. The first-order chi connectivity index (χ1) is 10.2. The van der Waals surface area contributed by atoms with Gasteiger partial charge in [0.1, 0.15) is 11.3 Å². The minimum atomic E-state index is -0.0663. The number of hydrogen-bond acceptors (Lipinski definition) is 3. The maximum Gasteiger partial charge on any atom is 0.253 e. The molecule has 0 radical (unpaired) electrons. The number of nitrogens with zero attached hydrogens (tertiary/aromatic N) is 3. The van der Waals surface area contributed by atoms with Gasteiger partial charge in [-0.05, 0) is 18.2 Å². The number of rotatable bonds is 1. The van der Waals surface area contributed by atoms with E-state index in [1.54, 1.807) is 12.3 Å². The fraction of sp³-hybridized carbons (Fsp3) is 0.133. The highest BCUT2D eigenvalue weighted by molar-refractivity contribution is 9.10. The third-order valence-corrected chi connectivity index (χ3v) is 4.14. The molecule has 1 amide bonds. The molecule has 0 aliphatic carbocycles. The first kappa shape index (κ1) is 12.5. The SMILES string of the molecule is O=C1NCCn2c(-c3ccc(Br)cc3)nc3nccc1c32. The zero-order chi connectivity index (χ0) is 14.4. The van der Waals surface area contributed by atoms with Crippen LogP contribution in [0.1, 0.15) is 10.4 Å². The molecule has 0 atom stereocenters. The smallest absolute Gasteiger partial charge is 0.253 e. The van der Waals surface area contributed by atoms with Crippen LogP contribution in [0.3, 0.4) is 0 Å². The van der Waals surface area contributed by atoms with Gasteiger partial charge >= 0.3 is 0 Å². The van der Waals surface area contributed by atoms with Crippen LogP contribution in [0.4, 0.5) is 0 Å². The molecule has 4 rings (SSSR count). The van der Waals surface area contributed by atoms with Crippen molar-refractivity contribution in [1.29, 1.82) is 0 Å². The molecule has 0 fully saturated rings. The van der Waals surface area contributed by atoms with Gasteiger partial charge in [0.05, 0.1) is 5.56 Å². The molecule has 0 unspecified atom stereocenters. The zero-order valence-electron chi connectivity index (χ0n) is 11.0. The molecule has 2 aromatic heterocycles. The predicted octanol–water partition coefficient (Wildman–Crippen LogP) is 2.60. The van der Waals surface area contributed by atoms with Crippen LogP contribution < -0.4 is 5.32 Å². The maximum atomic E-state index is 12.1. The van der Waals surface area contributed by atoms with Crippen LogP contribution in [-0.2, 0) is 6.54 Å². The number of carbonyl (C=O) groups excluding carboxylic acids is 1. The van der Waals surface area contributed by atoms with Crippen LogP contribution in [0.25, 0.3) is 22.6 Å². The van der Waals surface area contributed by atoms with E-state index in [1.165, 1.54) is 0 Å². The summed E-state index contributed by atoms with van der Waals surface area (Å²) in [6.07, 6.45) is 1.63. The van der Waals surface area contributed by atoms with Crippen molar-refractivity contribution in [3.05, 3.63) is 46.6 Å². The van der Waals surface area contributed by atoms with Crippen molar-refractivity contribution >= 4 is 33.0 Å². The molecule has 1 aromatic carbocycles. The lowest BCUT2D eigenvalue weighted by Gasteiger charge is -2.07. The van der Waals surface area contributed by atoms with Crippen LogP contribution in [0.15, 0.2) is 41.0 Å². The molecule has 1 N–H and O–H groups in total. The van der Waals surface area contributed by atoms with Gasteiger partial charge in [0.2, 0.25) is 0 Å². The molecule has 3 aromatic rings. The van der Waals surface area contributed by atoms with Crippen molar-refractivity contribution in [2.45, 2.75) is 6.54 Å². The van der Waals surface area contributed by atoms with Crippen molar-refractivity contribution in [3.63, 3.8) is 0 Å². The Balaban J connectivity index is 2.02.